The van der Waals surface area contributed by atoms with Crippen LogP contribution in [0.1, 0.15) is 32.6 Å². The molecule has 0 aromatic heterocycles. The Morgan fingerprint density at radius 2 is 2.36 bits per heavy atom. The molecular formula is C12H18O2. The zero-order valence-corrected chi connectivity index (χ0v) is 8.79. The van der Waals surface area contributed by atoms with Crippen molar-refractivity contribution in [3.05, 3.63) is 12.2 Å². The molecule has 0 unspecified atom stereocenters. The van der Waals surface area contributed by atoms with E-state index in [1.165, 1.54) is 18.4 Å². The molecule has 2 aliphatic carbocycles. The summed E-state index contributed by atoms with van der Waals surface area (Å²) in [6.07, 6.45) is 4.21. The minimum Gasteiger partial charge on any atom is -0.466 e. The monoisotopic (exact) mass is 194 g/mol. The third kappa shape index (κ3) is 1.70. The Bertz CT molecular complexity index is 257. The first-order valence-electron chi connectivity index (χ1n) is 5.54. The maximum atomic E-state index is 11.3. The highest BCUT2D eigenvalue weighted by Gasteiger charge is 2.42. The highest BCUT2D eigenvalue weighted by Crippen LogP contribution is 2.51. The van der Waals surface area contributed by atoms with Crippen molar-refractivity contribution in [1.29, 1.82) is 0 Å². The van der Waals surface area contributed by atoms with E-state index in [1.54, 1.807) is 0 Å². The van der Waals surface area contributed by atoms with Gasteiger partial charge in [-0.2, -0.15) is 0 Å². The molecule has 0 heterocycles. The molecule has 2 nitrogen and oxygen atoms in total. The fourth-order valence-electron chi connectivity index (χ4n) is 2.98. The van der Waals surface area contributed by atoms with Crippen molar-refractivity contribution in [1.82, 2.24) is 0 Å². The fourth-order valence-corrected chi connectivity index (χ4v) is 2.98. The van der Waals surface area contributed by atoms with Crippen LogP contribution in [0, 0.1) is 17.8 Å². The highest BCUT2D eigenvalue weighted by atomic mass is 16.5. The van der Waals surface area contributed by atoms with Gasteiger partial charge in [0.2, 0.25) is 0 Å². The van der Waals surface area contributed by atoms with Crippen molar-refractivity contribution in [3.8, 4) is 0 Å². The second-order valence-electron chi connectivity index (χ2n) is 4.56. The molecule has 0 saturated heterocycles. The average molecular weight is 194 g/mol. The summed E-state index contributed by atoms with van der Waals surface area (Å²) in [6, 6.07) is 0. The van der Waals surface area contributed by atoms with E-state index in [0.717, 1.165) is 12.3 Å². The number of hydrogen-bond acceptors (Lipinski definition) is 2. The average Bonchev–Trinajstić information content (AvgIpc) is 2.63. The van der Waals surface area contributed by atoms with Gasteiger partial charge in [-0.3, -0.25) is 4.79 Å². The first-order valence-corrected chi connectivity index (χ1v) is 5.54. The van der Waals surface area contributed by atoms with Gasteiger partial charge < -0.3 is 4.74 Å². The number of esters is 1. The molecule has 2 saturated carbocycles. The van der Waals surface area contributed by atoms with Gasteiger partial charge in [-0.15, -0.1) is 0 Å². The maximum Gasteiger partial charge on any atom is 0.306 e. The minimum atomic E-state index is -0.0179. The first-order chi connectivity index (χ1) is 6.70. The normalized spacial score (nSPS) is 34.9. The van der Waals surface area contributed by atoms with E-state index >= 15 is 0 Å². The minimum absolute atomic E-state index is 0.0179. The van der Waals surface area contributed by atoms with Gasteiger partial charge in [0.25, 0.3) is 0 Å². The lowest BCUT2D eigenvalue weighted by atomic mass is 9.84. The number of allylic oxidation sites excluding steroid dienone is 1. The van der Waals surface area contributed by atoms with Crippen LogP contribution < -0.4 is 0 Å². The largest absolute Gasteiger partial charge is 0.466 e. The molecule has 0 amide bonds. The highest BCUT2D eigenvalue weighted by molar-refractivity contribution is 5.69. The van der Waals surface area contributed by atoms with Crippen LogP contribution in [0.15, 0.2) is 12.2 Å². The molecule has 2 rings (SSSR count). The van der Waals surface area contributed by atoms with Crippen molar-refractivity contribution in [2.75, 3.05) is 6.61 Å². The van der Waals surface area contributed by atoms with E-state index in [-0.39, 0.29) is 5.97 Å². The predicted octanol–water partition coefficient (Wildman–Crippen LogP) is 2.54. The first kappa shape index (κ1) is 9.75. The summed E-state index contributed by atoms with van der Waals surface area (Å²) in [6.45, 7) is 6.44. The Labute approximate surface area is 85.3 Å². The molecule has 14 heavy (non-hydrogen) atoms. The maximum absolute atomic E-state index is 11.3. The van der Waals surface area contributed by atoms with E-state index in [1.807, 2.05) is 6.92 Å². The van der Waals surface area contributed by atoms with E-state index in [2.05, 4.69) is 6.58 Å². The molecule has 3 atom stereocenters. The topological polar surface area (TPSA) is 26.3 Å². The van der Waals surface area contributed by atoms with Crippen LogP contribution in [0.25, 0.3) is 0 Å². The zero-order valence-electron chi connectivity index (χ0n) is 8.79. The summed E-state index contributed by atoms with van der Waals surface area (Å²) in [5, 5.41) is 0. The van der Waals surface area contributed by atoms with Gasteiger partial charge in [-0.05, 0) is 43.9 Å². The van der Waals surface area contributed by atoms with Gasteiger partial charge in [0.05, 0.1) is 6.61 Å². The molecule has 0 aromatic carbocycles. The number of rotatable bonds is 3. The van der Waals surface area contributed by atoms with Crippen molar-refractivity contribution >= 4 is 5.97 Å². The van der Waals surface area contributed by atoms with Gasteiger partial charge in [0, 0.05) is 6.42 Å². The third-order valence-corrected chi connectivity index (χ3v) is 3.68. The number of hydrogen-bond donors (Lipinski definition) is 0. The Morgan fingerprint density at radius 3 is 2.86 bits per heavy atom. The second kappa shape index (κ2) is 3.76. The molecular weight excluding hydrogens is 176 g/mol. The van der Waals surface area contributed by atoms with Crippen LogP contribution in [0.3, 0.4) is 0 Å². The van der Waals surface area contributed by atoms with E-state index in [9.17, 15) is 4.79 Å². The molecule has 2 bridgehead atoms. The SMILES string of the molecule is C=C1C[C@H]2C[C@@H]1C[C@H]2CC(=O)OCC. The number of carbonyl (C=O) groups is 1. The fraction of sp³-hybridized carbons (Fsp3) is 0.750. The molecule has 2 aliphatic rings. The number of fused-ring (bicyclic) bond motifs is 2. The van der Waals surface area contributed by atoms with Crippen LogP contribution in [0.5, 0.6) is 0 Å². The summed E-state index contributed by atoms with van der Waals surface area (Å²) in [5.41, 5.74) is 1.41. The number of carbonyl (C=O) groups excluding carboxylic acids is 1. The van der Waals surface area contributed by atoms with Crippen molar-refractivity contribution in [3.63, 3.8) is 0 Å². The smallest absolute Gasteiger partial charge is 0.306 e. The van der Waals surface area contributed by atoms with Gasteiger partial charge in [0.15, 0.2) is 0 Å². The van der Waals surface area contributed by atoms with Gasteiger partial charge >= 0.3 is 5.97 Å². The molecule has 0 radical (unpaired) electrons. The summed E-state index contributed by atoms with van der Waals surface area (Å²) in [4.78, 5) is 11.3. The van der Waals surface area contributed by atoms with Crippen LogP contribution in [0.4, 0.5) is 0 Å². The lowest BCUT2D eigenvalue weighted by Crippen LogP contribution is -2.17. The Kier molecular flexibility index (Phi) is 2.62. The van der Waals surface area contributed by atoms with E-state index < -0.39 is 0 Å². The van der Waals surface area contributed by atoms with Crippen LogP contribution in [0.2, 0.25) is 0 Å². The van der Waals surface area contributed by atoms with Gasteiger partial charge in [0.1, 0.15) is 0 Å². The molecule has 0 N–H and O–H groups in total. The standard InChI is InChI=1S/C12H18O2/c1-3-14-12(13)7-11-6-9-5-10(11)4-8(9)2/h9-11H,2-7H2,1H3/t9-,10+,11+/m1/s1. The van der Waals surface area contributed by atoms with E-state index in [4.69, 9.17) is 4.74 Å². The van der Waals surface area contributed by atoms with Crippen LogP contribution in [-0.4, -0.2) is 12.6 Å². The zero-order chi connectivity index (χ0) is 10.1. The van der Waals surface area contributed by atoms with E-state index in [0.29, 0.717) is 24.9 Å². The number of ether oxygens (including phenoxy) is 1. The lowest BCUT2D eigenvalue weighted by molar-refractivity contribution is -0.144. The van der Waals surface area contributed by atoms with Crippen molar-refractivity contribution in [2.24, 2.45) is 17.8 Å². The van der Waals surface area contributed by atoms with Crippen molar-refractivity contribution in [2.45, 2.75) is 32.6 Å². The Morgan fingerprint density at radius 1 is 1.57 bits per heavy atom. The van der Waals surface area contributed by atoms with Crippen LogP contribution in [-0.2, 0) is 9.53 Å². The quantitative estimate of drug-likeness (QED) is 0.510. The molecule has 0 aromatic rings. The third-order valence-electron chi connectivity index (χ3n) is 3.68. The van der Waals surface area contributed by atoms with Gasteiger partial charge in [-0.1, -0.05) is 12.2 Å². The predicted molar refractivity (Wildman–Crippen MR) is 54.7 cm³/mol. The summed E-state index contributed by atoms with van der Waals surface area (Å²) in [5.74, 6) is 1.98. The molecule has 0 spiro atoms. The summed E-state index contributed by atoms with van der Waals surface area (Å²) >= 11 is 0. The molecule has 0 aliphatic heterocycles. The van der Waals surface area contributed by atoms with Gasteiger partial charge in [-0.25, -0.2) is 0 Å². The Hall–Kier alpha value is -0.790. The molecule has 2 heteroatoms. The van der Waals surface area contributed by atoms with Crippen molar-refractivity contribution < 1.29 is 9.53 Å². The van der Waals surface area contributed by atoms with Crippen LogP contribution >= 0.6 is 0 Å². The molecule has 78 valence electrons. The Balaban J connectivity index is 1.85. The lowest BCUT2D eigenvalue weighted by Gasteiger charge is -2.21. The summed E-state index contributed by atoms with van der Waals surface area (Å²) < 4.78 is 4.98. The summed E-state index contributed by atoms with van der Waals surface area (Å²) in [7, 11) is 0. The molecule has 2 fully saturated rings. The second-order valence-corrected chi connectivity index (χ2v) is 4.56.